The maximum absolute atomic E-state index is 13.3. The van der Waals surface area contributed by atoms with Gasteiger partial charge in [-0.15, -0.1) is 0 Å². The van der Waals surface area contributed by atoms with Gasteiger partial charge >= 0.3 is 10.2 Å². The molecule has 0 radical (unpaired) electrons. The van der Waals surface area contributed by atoms with Crippen LogP contribution in [-0.4, -0.2) is 23.3 Å². The van der Waals surface area contributed by atoms with Crippen LogP contribution < -0.4 is 16.0 Å². The van der Waals surface area contributed by atoms with Gasteiger partial charge < -0.3 is 15.6 Å². The summed E-state index contributed by atoms with van der Waals surface area (Å²) < 4.78 is 36.2. The van der Waals surface area contributed by atoms with Crippen molar-refractivity contribution in [2.24, 2.45) is 5.14 Å². The van der Waals surface area contributed by atoms with Gasteiger partial charge in [-0.2, -0.15) is 8.42 Å². The Morgan fingerprint density at radius 3 is 2.60 bits per heavy atom. The molecule has 0 spiro atoms. The molecule has 0 atom stereocenters. The maximum atomic E-state index is 13.3. The highest BCUT2D eigenvalue weighted by Crippen LogP contribution is 2.26. The minimum Gasteiger partial charge on any atom is -0.543 e. The molecule has 2 rings (SSSR count). The topological polar surface area (TPSA) is 144 Å². The van der Waals surface area contributed by atoms with Crippen molar-refractivity contribution in [3.05, 3.63) is 36.0 Å². The van der Waals surface area contributed by atoms with Gasteiger partial charge in [-0.05, 0) is 12.1 Å². The van der Waals surface area contributed by atoms with Crippen molar-refractivity contribution < 1.29 is 22.7 Å². The van der Waals surface area contributed by atoms with E-state index in [2.05, 4.69) is 4.98 Å². The fourth-order valence-electron chi connectivity index (χ4n) is 1.66. The van der Waals surface area contributed by atoms with Crippen molar-refractivity contribution in [1.29, 1.82) is 0 Å². The molecule has 0 saturated carbocycles. The van der Waals surface area contributed by atoms with Crippen LogP contribution in [0.3, 0.4) is 0 Å². The van der Waals surface area contributed by atoms with Crippen molar-refractivity contribution in [2.45, 2.75) is 0 Å². The van der Waals surface area contributed by atoms with Gasteiger partial charge in [0.05, 0.1) is 11.7 Å². The largest absolute Gasteiger partial charge is 0.543 e. The number of rotatable bonds is 3. The Bertz CT molecular complexity index is 800. The number of carboxylic acid groups (broad SMARTS) is 1. The van der Waals surface area contributed by atoms with Gasteiger partial charge in [0.15, 0.2) is 11.6 Å². The number of aromatic carboxylic acids is 1. The first kappa shape index (κ1) is 14.0. The number of hydrogen-bond acceptors (Lipinski definition) is 6. The molecule has 8 nitrogen and oxygen atoms in total. The van der Waals surface area contributed by atoms with Gasteiger partial charge in [0, 0.05) is 23.5 Å². The number of aromatic nitrogens is 2. The van der Waals surface area contributed by atoms with Gasteiger partial charge in [0.25, 0.3) is 0 Å². The van der Waals surface area contributed by atoms with Crippen LogP contribution >= 0.6 is 0 Å². The lowest BCUT2D eigenvalue weighted by atomic mass is 10.1. The molecule has 0 fully saturated rings. The van der Waals surface area contributed by atoms with Gasteiger partial charge in [-0.1, -0.05) is 0 Å². The molecule has 106 valence electrons. The Morgan fingerprint density at radius 1 is 1.45 bits per heavy atom. The molecule has 2 aromatic rings. The lowest BCUT2D eigenvalue weighted by Gasteiger charge is -2.10. The molecule has 0 aromatic carbocycles. The van der Waals surface area contributed by atoms with Crippen LogP contribution in [0.2, 0.25) is 0 Å². The molecule has 0 amide bonds. The standard InChI is InChI=1S/C10H9FN4O4S/c11-7-3-5(4-14-9(7)12)6-1-2-15(20(13,18)19)8(6)10(16)17/h1-4H,(H2,12,14)(H,16,17)(H2,13,18,19)/p-1. The number of carbonyl (C=O) groups excluding carboxylic acids is 1. The van der Waals surface area contributed by atoms with Gasteiger partial charge in [-0.3, -0.25) is 0 Å². The van der Waals surface area contributed by atoms with E-state index in [4.69, 9.17) is 10.9 Å². The first-order valence-electron chi connectivity index (χ1n) is 5.09. The second-order valence-corrected chi connectivity index (χ2v) is 5.22. The van der Waals surface area contributed by atoms with Gasteiger partial charge in [0.1, 0.15) is 0 Å². The molecule has 0 bridgehead atoms. The number of anilines is 1. The van der Waals surface area contributed by atoms with Crippen LogP contribution in [0.25, 0.3) is 11.1 Å². The summed E-state index contributed by atoms with van der Waals surface area (Å²) in [6, 6.07) is 2.07. The molecule has 0 aliphatic carbocycles. The number of hydrogen-bond donors (Lipinski definition) is 2. The molecule has 0 aliphatic heterocycles. The highest BCUT2D eigenvalue weighted by atomic mass is 32.2. The van der Waals surface area contributed by atoms with Crippen molar-refractivity contribution in [2.75, 3.05) is 5.73 Å². The van der Waals surface area contributed by atoms with E-state index in [9.17, 15) is 22.7 Å². The predicted octanol–water partition coefficient (Wildman–Crippen LogP) is -1.31. The van der Waals surface area contributed by atoms with Crippen LogP contribution in [0.15, 0.2) is 24.5 Å². The molecule has 0 saturated heterocycles. The van der Waals surface area contributed by atoms with Crippen LogP contribution in [0.1, 0.15) is 10.5 Å². The molecular formula is C10H8FN4O4S-. The molecule has 10 heteroatoms. The second kappa shape index (κ2) is 4.58. The Labute approximate surface area is 112 Å². The van der Waals surface area contributed by atoms with E-state index in [1.807, 2.05) is 0 Å². The number of nitrogens with zero attached hydrogens (tertiary/aromatic N) is 2. The third kappa shape index (κ3) is 2.33. The summed E-state index contributed by atoms with van der Waals surface area (Å²) in [7, 11) is -4.33. The summed E-state index contributed by atoms with van der Waals surface area (Å²) in [5, 5.41) is 16.0. The van der Waals surface area contributed by atoms with Crippen molar-refractivity contribution in [3.8, 4) is 11.1 Å². The lowest BCUT2D eigenvalue weighted by molar-refractivity contribution is -0.255. The summed E-state index contributed by atoms with van der Waals surface area (Å²) >= 11 is 0. The summed E-state index contributed by atoms with van der Waals surface area (Å²) in [6.45, 7) is 0. The van der Waals surface area contributed by atoms with E-state index in [0.717, 1.165) is 24.5 Å². The van der Waals surface area contributed by atoms with E-state index in [0.29, 0.717) is 3.97 Å². The number of carboxylic acids is 1. The molecule has 0 aliphatic rings. The summed E-state index contributed by atoms with van der Waals surface area (Å²) in [5.41, 5.74) is 4.40. The minimum absolute atomic E-state index is 0.0262. The summed E-state index contributed by atoms with van der Waals surface area (Å²) in [5.74, 6) is -3.01. The van der Waals surface area contributed by atoms with E-state index < -0.39 is 27.7 Å². The highest BCUT2D eigenvalue weighted by molar-refractivity contribution is 7.87. The average molecular weight is 299 g/mol. The van der Waals surface area contributed by atoms with Gasteiger partial charge in [0.2, 0.25) is 0 Å². The first-order chi connectivity index (χ1) is 9.21. The van der Waals surface area contributed by atoms with E-state index in [1.165, 1.54) is 0 Å². The lowest BCUT2D eigenvalue weighted by Crippen LogP contribution is -2.31. The van der Waals surface area contributed by atoms with Gasteiger partial charge in [-0.25, -0.2) is 18.5 Å². The third-order valence-electron chi connectivity index (χ3n) is 2.50. The summed E-state index contributed by atoms with van der Waals surface area (Å²) in [4.78, 5) is 14.6. The zero-order valence-corrected chi connectivity index (χ0v) is 10.6. The van der Waals surface area contributed by atoms with Crippen molar-refractivity contribution in [3.63, 3.8) is 0 Å². The first-order valence-corrected chi connectivity index (χ1v) is 6.59. The Hall–Kier alpha value is -2.46. The smallest absolute Gasteiger partial charge is 0.302 e. The average Bonchev–Trinajstić information content (AvgIpc) is 2.77. The van der Waals surface area contributed by atoms with E-state index in [-0.39, 0.29) is 16.9 Å². The van der Waals surface area contributed by atoms with Crippen molar-refractivity contribution >= 4 is 22.0 Å². The number of nitrogens with two attached hydrogens (primary N) is 2. The Morgan fingerprint density at radius 2 is 2.10 bits per heavy atom. The number of carbonyl (C=O) groups is 1. The third-order valence-corrected chi connectivity index (χ3v) is 3.35. The fourth-order valence-corrected chi connectivity index (χ4v) is 2.31. The van der Waals surface area contributed by atoms with Crippen LogP contribution in [0, 0.1) is 5.82 Å². The molecule has 0 unspecified atom stereocenters. The summed E-state index contributed by atoms with van der Waals surface area (Å²) in [6.07, 6.45) is 2.03. The fraction of sp³-hybridized carbons (Fsp3) is 0. The maximum Gasteiger partial charge on any atom is 0.302 e. The highest BCUT2D eigenvalue weighted by Gasteiger charge is 2.19. The molecule has 2 aromatic heterocycles. The Kier molecular flexibility index (Phi) is 3.19. The quantitative estimate of drug-likeness (QED) is 0.719. The van der Waals surface area contributed by atoms with Crippen molar-refractivity contribution in [1.82, 2.24) is 8.96 Å². The van der Waals surface area contributed by atoms with Crippen LogP contribution in [-0.2, 0) is 10.2 Å². The number of pyridine rings is 1. The molecule has 4 N–H and O–H groups in total. The SMILES string of the molecule is Nc1ncc(-c2ccn(S(N)(=O)=O)c2C(=O)[O-])cc1F. The number of nitrogen functional groups attached to an aromatic ring is 1. The van der Waals surface area contributed by atoms with E-state index >= 15 is 0 Å². The zero-order chi connectivity index (χ0) is 15.1. The normalized spacial score (nSPS) is 11.5. The van der Waals surface area contributed by atoms with Crippen LogP contribution in [0.4, 0.5) is 10.2 Å². The zero-order valence-electron chi connectivity index (χ0n) is 9.78. The predicted molar refractivity (Wildman–Crippen MR) is 64.9 cm³/mol. The van der Waals surface area contributed by atoms with E-state index in [1.54, 1.807) is 0 Å². The minimum atomic E-state index is -4.33. The molecular weight excluding hydrogens is 291 g/mol. The molecule has 20 heavy (non-hydrogen) atoms. The monoisotopic (exact) mass is 299 g/mol. The second-order valence-electron chi connectivity index (χ2n) is 3.80. The molecule has 2 heterocycles. The Balaban J connectivity index is 2.72. The number of halogens is 1. The van der Waals surface area contributed by atoms with Crippen LogP contribution in [0.5, 0.6) is 0 Å².